The summed E-state index contributed by atoms with van der Waals surface area (Å²) in [5.41, 5.74) is 1.94. The van der Waals surface area contributed by atoms with Gasteiger partial charge in [0.15, 0.2) is 17.3 Å². The van der Waals surface area contributed by atoms with Crippen molar-refractivity contribution in [2.24, 2.45) is 5.92 Å². The number of carbonyl (C=O) groups excluding carboxylic acids is 1. The Morgan fingerprint density at radius 3 is 2.65 bits per heavy atom. The zero-order chi connectivity index (χ0) is 17.9. The van der Waals surface area contributed by atoms with E-state index in [1.165, 1.54) is 5.56 Å². The number of nitrogens with zero attached hydrogens (tertiary/aromatic N) is 1. The minimum absolute atomic E-state index is 0.0436. The normalized spacial score (nSPS) is 20.0. The van der Waals surface area contributed by atoms with Crippen LogP contribution in [0.15, 0.2) is 42.5 Å². The Hall–Kier alpha value is -2.04. The molecule has 4 nitrogen and oxygen atoms in total. The average molecular weight is 372 g/mol. The van der Waals surface area contributed by atoms with Crippen LogP contribution < -0.4 is 9.47 Å². The quantitative estimate of drug-likeness (QED) is 0.755. The first-order valence-corrected chi connectivity index (χ1v) is 9.47. The maximum atomic E-state index is 12.8. The van der Waals surface area contributed by atoms with Crippen molar-refractivity contribution in [3.63, 3.8) is 0 Å². The fourth-order valence-corrected chi connectivity index (χ4v) is 3.83. The third-order valence-corrected chi connectivity index (χ3v) is 5.27. The van der Waals surface area contributed by atoms with Gasteiger partial charge in [-0.25, -0.2) is 0 Å². The SMILES string of the molecule is O=C(c1ccc(Cl)cc1)C1CCCN(Cc2ccc3c(c2)OCCO3)C1. The van der Waals surface area contributed by atoms with Gasteiger partial charge in [0.2, 0.25) is 0 Å². The first kappa shape index (κ1) is 17.4. The first-order chi connectivity index (χ1) is 12.7. The summed E-state index contributed by atoms with van der Waals surface area (Å²) in [6.07, 6.45) is 1.98. The van der Waals surface area contributed by atoms with Gasteiger partial charge in [-0.3, -0.25) is 9.69 Å². The molecule has 1 atom stereocenters. The molecule has 0 radical (unpaired) electrons. The molecule has 4 rings (SSSR count). The van der Waals surface area contributed by atoms with E-state index >= 15 is 0 Å². The molecular weight excluding hydrogens is 350 g/mol. The van der Waals surface area contributed by atoms with Gasteiger partial charge in [0.25, 0.3) is 0 Å². The van der Waals surface area contributed by atoms with Gasteiger partial charge in [0.1, 0.15) is 13.2 Å². The van der Waals surface area contributed by atoms with Gasteiger partial charge in [-0.1, -0.05) is 17.7 Å². The molecule has 2 aromatic rings. The van der Waals surface area contributed by atoms with Crippen LogP contribution in [-0.2, 0) is 6.54 Å². The molecule has 2 aromatic carbocycles. The second-order valence-corrected chi connectivity index (χ2v) is 7.36. The molecule has 2 heterocycles. The topological polar surface area (TPSA) is 38.8 Å². The van der Waals surface area contributed by atoms with Crippen molar-refractivity contribution in [1.29, 1.82) is 0 Å². The van der Waals surface area contributed by atoms with Gasteiger partial charge in [-0.05, 0) is 61.3 Å². The van der Waals surface area contributed by atoms with Crippen LogP contribution in [0.1, 0.15) is 28.8 Å². The van der Waals surface area contributed by atoms with Gasteiger partial charge in [0.05, 0.1) is 0 Å². The summed E-state index contributed by atoms with van der Waals surface area (Å²) in [5.74, 6) is 1.89. The number of fused-ring (bicyclic) bond motifs is 1. The van der Waals surface area contributed by atoms with Gasteiger partial charge in [-0.15, -0.1) is 0 Å². The Bertz CT molecular complexity index is 790. The summed E-state index contributed by atoms with van der Waals surface area (Å²) in [5, 5.41) is 0.658. The lowest BCUT2D eigenvalue weighted by Crippen LogP contribution is -2.38. The number of rotatable bonds is 4. The van der Waals surface area contributed by atoms with Crippen LogP contribution in [0.5, 0.6) is 11.5 Å². The zero-order valence-electron chi connectivity index (χ0n) is 14.6. The molecule has 0 spiro atoms. The Labute approximate surface area is 158 Å². The van der Waals surface area contributed by atoms with Crippen molar-refractivity contribution in [1.82, 2.24) is 4.90 Å². The molecule has 1 saturated heterocycles. The molecule has 1 unspecified atom stereocenters. The number of piperidine rings is 1. The number of ketones is 1. The molecule has 2 aliphatic rings. The Morgan fingerprint density at radius 1 is 1.08 bits per heavy atom. The maximum absolute atomic E-state index is 12.8. The van der Waals surface area contributed by atoms with E-state index in [4.69, 9.17) is 21.1 Å². The van der Waals surface area contributed by atoms with Crippen LogP contribution >= 0.6 is 11.6 Å². The Balaban J connectivity index is 1.42. The lowest BCUT2D eigenvalue weighted by atomic mass is 9.90. The second-order valence-electron chi connectivity index (χ2n) is 6.92. The molecule has 0 N–H and O–H groups in total. The van der Waals surface area contributed by atoms with E-state index in [2.05, 4.69) is 17.0 Å². The van der Waals surface area contributed by atoms with Crippen molar-refractivity contribution in [3.05, 3.63) is 58.6 Å². The van der Waals surface area contributed by atoms with E-state index < -0.39 is 0 Å². The van der Waals surface area contributed by atoms with Crippen molar-refractivity contribution in [2.75, 3.05) is 26.3 Å². The molecule has 136 valence electrons. The fourth-order valence-electron chi connectivity index (χ4n) is 3.71. The predicted octanol–water partition coefficient (Wildman–Crippen LogP) is 4.21. The molecule has 0 aliphatic carbocycles. The van der Waals surface area contributed by atoms with E-state index in [1.807, 2.05) is 18.2 Å². The number of Topliss-reactive ketones (excluding diaryl/α,β-unsaturated/α-hetero) is 1. The van der Waals surface area contributed by atoms with Crippen molar-refractivity contribution >= 4 is 17.4 Å². The highest BCUT2D eigenvalue weighted by Gasteiger charge is 2.26. The minimum Gasteiger partial charge on any atom is -0.486 e. The smallest absolute Gasteiger partial charge is 0.167 e. The highest BCUT2D eigenvalue weighted by atomic mass is 35.5. The Kier molecular flexibility index (Phi) is 5.14. The van der Waals surface area contributed by atoms with Crippen molar-refractivity contribution < 1.29 is 14.3 Å². The number of halogens is 1. The van der Waals surface area contributed by atoms with Crippen molar-refractivity contribution in [3.8, 4) is 11.5 Å². The molecule has 0 saturated carbocycles. The van der Waals surface area contributed by atoms with Crippen LogP contribution in [0.25, 0.3) is 0 Å². The summed E-state index contributed by atoms with van der Waals surface area (Å²) in [6.45, 7) is 3.82. The third-order valence-electron chi connectivity index (χ3n) is 5.02. The van der Waals surface area contributed by atoms with Crippen LogP contribution in [0.2, 0.25) is 5.02 Å². The van der Waals surface area contributed by atoms with Crippen LogP contribution in [0.4, 0.5) is 0 Å². The monoisotopic (exact) mass is 371 g/mol. The number of likely N-dealkylation sites (tertiary alicyclic amines) is 1. The molecule has 0 amide bonds. The van der Waals surface area contributed by atoms with Crippen LogP contribution in [0, 0.1) is 5.92 Å². The largest absolute Gasteiger partial charge is 0.486 e. The van der Waals surface area contributed by atoms with Crippen LogP contribution in [-0.4, -0.2) is 37.0 Å². The first-order valence-electron chi connectivity index (χ1n) is 9.10. The highest BCUT2D eigenvalue weighted by Crippen LogP contribution is 2.31. The number of ether oxygens (including phenoxy) is 2. The van der Waals surface area contributed by atoms with Gasteiger partial charge in [0, 0.05) is 29.6 Å². The minimum atomic E-state index is 0.0436. The molecule has 1 fully saturated rings. The van der Waals surface area contributed by atoms with E-state index in [0.29, 0.717) is 18.2 Å². The number of hydrogen-bond acceptors (Lipinski definition) is 4. The molecule has 0 bridgehead atoms. The van der Waals surface area contributed by atoms with E-state index in [9.17, 15) is 4.79 Å². The second kappa shape index (κ2) is 7.68. The van der Waals surface area contributed by atoms with E-state index in [0.717, 1.165) is 49.5 Å². The number of benzene rings is 2. The molecular formula is C21H22ClNO3. The van der Waals surface area contributed by atoms with E-state index in [1.54, 1.807) is 12.1 Å². The van der Waals surface area contributed by atoms with Crippen LogP contribution in [0.3, 0.4) is 0 Å². The summed E-state index contributed by atoms with van der Waals surface area (Å²) in [7, 11) is 0. The fraction of sp³-hybridized carbons (Fsp3) is 0.381. The van der Waals surface area contributed by atoms with Gasteiger partial charge >= 0.3 is 0 Å². The van der Waals surface area contributed by atoms with E-state index in [-0.39, 0.29) is 11.7 Å². The van der Waals surface area contributed by atoms with Gasteiger partial charge < -0.3 is 9.47 Å². The summed E-state index contributed by atoms with van der Waals surface area (Å²) in [6, 6.07) is 13.3. The number of hydrogen-bond donors (Lipinski definition) is 0. The molecule has 5 heteroatoms. The average Bonchev–Trinajstić information content (AvgIpc) is 2.68. The third kappa shape index (κ3) is 3.87. The molecule has 2 aliphatic heterocycles. The summed E-state index contributed by atoms with van der Waals surface area (Å²) < 4.78 is 11.3. The standard InChI is InChI=1S/C21H22ClNO3/c22-18-6-4-16(5-7-18)21(24)17-2-1-9-23(14-17)13-15-3-8-19-20(12-15)26-11-10-25-19/h3-8,12,17H,1-2,9-11,13-14H2. The molecule has 0 aromatic heterocycles. The summed E-state index contributed by atoms with van der Waals surface area (Å²) >= 11 is 5.93. The summed E-state index contributed by atoms with van der Waals surface area (Å²) in [4.78, 5) is 15.1. The number of carbonyl (C=O) groups is 1. The Morgan fingerprint density at radius 2 is 1.85 bits per heavy atom. The van der Waals surface area contributed by atoms with Crippen molar-refractivity contribution in [2.45, 2.75) is 19.4 Å². The zero-order valence-corrected chi connectivity index (χ0v) is 15.4. The lowest BCUT2D eigenvalue weighted by Gasteiger charge is -2.32. The predicted molar refractivity (Wildman–Crippen MR) is 101 cm³/mol. The van der Waals surface area contributed by atoms with Gasteiger partial charge in [-0.2, -0.15) is 0 Å². The lowest BCUT2D eigenvalue weighted by molar-refractivity contribution is 0.0811. The highest BCUT2D eigenvalue weighted by molar-refractivity contribution is 6.30. The molecule has 26 heavy (non-hydrogen) atoms. The maximum Gasteiger partial charge on any atom is 0.167 e.